The van der Waals surface area contributed by atoms with E-state index in [0.717, 1.165) is 0 Å². The number of nitrogens with zero attached hydrogens (tertiary/aromatic N) is 3. The first kappa shape index (κ1) is 20.7. The summed E-state index contributed by atoms with van der Waals surface area (Å²) in [6, 6.07) is 10.9. The molecule has 30 heavy (non-hydrogen) atoms. The molecule has 0 aliphatic rings. The van der Waals surface area contributed by atoms with Gasteiger partial charge in [-0.05, 0) is 48.0 Å². The molecule has 0 amide bonds. The predicted molar refractivity (Wildman–Crippen MR) is 107 cm³/mol. The molecule has 0 saturated heterocycles. The molecular weight excluding hydrogens is 393 g/mol. The second-order valence-corrected chi connectivity index (χ2v) is 6.31. The van der Waals surface area contributed by atoms with Gasteiger partial charge in [0.25, 0.3) is 0 Å². The van der Waals surface area contributed by atoms with Crippen LogP contribution < -0.4 is 9.47 Å². The summed E-state index contributed by atoms with van der Waals surface area (Å²) < 4.78 is 25.2. The fourth-order valence-electron chi connectivity index (χ4n) is 2.74. The molecule has 154 valence electrons. The second kappa shape index (κ2) is 8.99. The van der Waals surface area contributed by atoms with E-state index in [0.29, 0.717) is 22.6 Å². The van der Waals surface area contributed by atoms with Crippen LogP contribution in [0.3, 0.4) is 0 Å². The number of hydrogen-bond acceptors (Lipinski definition) is 6. The number of hydrogen-bond donors (Lipinski definition) is 0. The average molecular weight is 411 g/mol. The topological polar surface area (TPSA) is 96.5 Å². The van der Waals surface area contributed by atoms with Gasteiger partial charge in [-0.25, -0.2) is 4.39 Å². The maximum atomic E-state index is 13.0. The molecule has 0 aliphatic carbocycles. The highest BCUT2D eigenvalue weighted by Crippen LogP contribution is 2.24. The number of aromatic nitrogens is 2. The molecule has 9 heteroatoms. The number of methoxy groups -OCH3 is 1. The smallest absolute Gasteiger partial charge is 0.318 e. The van der Waals surface area contributed by atoms with Gasteiger partial charge in [0.05, 0.1) is 12.0 Å². The van der Waals surface area contributed by atoms with E-state index in [1.165, 1.54) is 61.5 Å². The van der Waals surface area contributed by atoms with Crippen LogP contribution in [0, 0.1) is 15.9 Å². The normalized spacial score (nSPS) is 10.9. The third-order valence-corrected chi connectivity index (χ3v) is 4.18. The molecule has 0 aliphatic heterocycles. The minimum absolute atomic E-state index is 0.163. The Morgan fingerprint density at radius 2 is 2.00 bits per heavy atom. The summed E-state index contributed by atoms with van der Waals surface area (Å²) in [5.74, 6) is 0.144. The van der Waals surface area contributed by atoms with Gasteiger partial charge in [-0.2, -0.15) is 5.10 Å². The van der Waals surface area contributed by atoms with Crippen molar-refractivity contribution in [3.8, 4) is 11.5 Å². The van der Waals surface area contributed by atoms with E-state index in [1.807, 2.05) is 0 Å². The van der Waals surface area contributed by atoms with Crippen molar-refractivity contribution in [2.24, 2.45) is 7.05 Å². The number of carbonyl (C=O) groups excluding carboxylic acids is 1. The molecule has 0 radical (unpaired) electrons. The molecule has 8 nitrogen and oxygen atoms in total. The zero-order valence-electron chi connectivity index (χ0n) is 16.2. The van der Waals surface area contributed by atoms with Crippen molar-refractivity contribution in [1.82, 2.24) is 9.78 Å². The van der Waals surface area contributed by atoms with Crippen molar-refractivity contribution in [3.05, 3.63) is 87.5 Å². The minimum Gasteiger partial charge on any atom is -0.496 e. The van der Waals surface area contributed by atoms with Crippen molar-refractivity contribution in [1.29, 1.82) is 0 Å². The lowest BCUT2D eigenvalue weighted by Gasteiger charge is -2.11. The minimum atomic E-state index is -0.646. The van der Waals surface area contributed by atoms with E-state index in [-0.39, 0.29) is 23.8 Å². The van der Waals surface area contributed by atoms with Gasteiger partial charge in [0, 0.05) is 12.6 Å². The zero-order chi connectivity index (χ0) is 21.7. The molecule has 3 rings (SSSR count). The van der Waals surface area contributed by atoms with Crippen LogP contribution in [0.1, 0.15) is 21.6 Å². The van der Waals surface area contributed by atoms with E-state index in [9.17, 15) is 19.3 Å². The number of allylic oxidation sites excluding steroid dienone is 1. The van der Waals surface area contributed by atoms with Crippen molar-refractivity contribution >= 4 is 17.5 Å². The average Bonchev–Trinajstić information content (AvgIpc) is 3.14. The Morgan fingerprint density at radius 1 is 1.27 bits per heavy atom. The fourth-order valence-corrected chi connectivity index (χ4v) is 2.74. The summed E-state index contributed by atoms with van der Waals surface area (Å²) in [5.41, 5.74) is 0.795. The molecule has 1 heterocycles. The Morgan fingerprint density at radius 3 is 2.67 bits per heavy atom. The number of rotatable bonds is 8. The third-order valence-electron chi connectivity index (χ3n) is 4.18. The van der Waals surface area contributed by atoms with Crippen LogP contribution in [-0.4, -0.2) is 27.6 Å². The highest BCUT2D eigenvalue weighted by Gasteiger charge is 2.23. The lowest BCUT2D eigenvalue weighted by molar-refractivity contribution is -0.385. The van der Waals surface area contributed by atoms with Crippen molar-refractivity contribution < 1.29 is 23.6 Å². The first-order chi connectivity index (χ1) is 14.4. The molecule has 0 fully saturated rings. The van der Waals surface area contributed by atoms with E-state index in [2.05, 4.69) is 5.10 Å². The molecule has 0 unspecified atom stereocenters. The number of aryl methyl sites for hydroxylation is 1. The largest absolute Gasteiger partial charge is 0.496 e. The van der Waals surface area contributed by atoms with Crippen LogP contribution in [0.5, 0.6) is 11.5 Å². The van der Waals surface area contributed by atoms with E-state index < -0.39 is 10.7 Å². The van der Waals surface area contributed by atoms with Gasteiger partial charge in [0.15, 0.2) is 0 Å². The summed E-state index contributed by atoms with van der Waals surface area (Å²) >= 11 is 0. The summed E-state index contributed by atoms with van der Waals surface area (Å²) in [7, 11) is 3.03. The van der Waals surface area contributed by atoms with Crippen molar-refractivity contribution in [2.45, 2.75) is 6.61 Å². The molecule has 0 saturated carbocycles. The summed E-state index contributed by atoms with van der Waals surface area (Å²) in [4.78, 5) is 22.8. The van der Waals surface area contributed by atoms with E-state index >= 15 is 0 Å². The highest BCUT2D eigenvalue weighted by atomic mass is 19.1. The van der Waals surface area contributed by atoms with Crippen LogP contribution in [-0.2, 0) is 13.7 Å². The Hall–Kier alpha value is -4.01. The number of halogens is 1. The van der Waals surface area contributed by atoms with Gasteiger partial charge >= 0.3 is 5.69 Å². The molecule has 3 aromatic rings. The van der Waals surface area contributed by atoms with Crippen molar-refractivity contribution in [2.75, 3.05) is 7.11 Å². The van der Waals surface area contributed by atoms with E-state index in [4.69, 9.17) is 9.47 Å². The Kier molecular flexibility index (Phi) is 6.21. The molecule has 0 N–H and O–H groups in total. The number of ketones is 1. The van der Waals surface area contributed by atoms with Gasteiger partial charge in [-0.3, -0.25) is 19.6 Å². The second-order valence-electron chi connectivity index (χ2n) is 6.31. The molecular formula is C21H18FN3O5. The molecule has 0 bridgehead atoms. The molecule has 0 spiro atoms. The van der Waals surface area contributed by atoms with Gasteiger partial charge < -0.3 is 9.47 Å². The predicted octanol–water partition coefficient (Wildman–Crippen LogP) is 3.95. The van der Waals surface area contributed by atoms with Gasteiger partial charge in [0.1, 0.15) is 30.1 Å². The molecule has 2 aromatic carbocycles. The monoisotopic (exact) mass is 411 g/mol. The van der Waals surface area contributed by atoms with Crippen LogP contribution in [0.25, 0.3) is 6.08 Å². The fraction of sp³-hybridized carbons (Fsp3) is 0.143. The summed E-state index contributed by atoms with van der Waals surface area (Å²) in [6.45, 7) is 0.163. The maximum absolute atomic E-state index is 13.0. The van der Waals surface area contributed by atoms with Crippen LogP contribution in [0.15, 0.2) is 54.7 Å². The molecule has 0 atom stereocenters. The van der Waals surface area contributed by atoms with Crippen LogP contribution >= 0.6 is 0 Å². The zero-order valence-corrected chi connectivity index (χ0v) is 16.2. The first-order valence-electron chi connectivity index (χ1n) is 8.83. The SMILES string of the molecule is COc1ccc(/C=C/C(=O)c2nn(C)cc2[N+](=O)[O-])cc1COc1ccc(F)cc1. The Balaban J connectivity index is 1.78. The number of benzene rings is 2. The van der Waals surface area contributed by atoms with Crippen LogP contribution in [0.4, 0.5) is 10.1 Å². The van der Waals surface area contributed by atoms with Gasteiger partial charge in [0.2, 0.25) is 11.5 Å². The summed E-state index contributed by atoms with van der Waals surface area (Å²) in [6.07, 6.45) is 3.93. The first-order valence-corrected chi connectivity index (χ1v) is 8.83. The standard InChI is InChI=1S/C21H18FN3O5/c1-24-12-18(25(27)28)21(23-24)19(26)9-3-14-4-10-20(29-2)15(11-14)13-30-17-7-5-16(22)6-8-17/h3-12H,13H2,1-2H3/b9-3+. The lowest BCUT2D eigenvalue weighted by atomic mass is 10.1. The quantitative estimate of drug-likeness (QED) is 0.241. The van der Waals surface area contributed by atoms with Gasteiger partial charge in [-0.1, -0.05) is 12.1 Å². The Labute approximate surface area is 171 Å². The third kappa shape index (κ3) is 4.88. The van der Waals surface area contributed by atoms with Gasteiger partial charge in [-0.15, -0.1) is 0 Å². The highest BCUT2D eigenvalue weighted by molar-refractivity contribution is 6.07. The van der Waals surface area contributed by atoms with Crippen LogP contribution in [0.2, 0.25) is 0 Å². The molecule has 1 aromatic heterocycles. The number of carbonyl (C=O) groups is 1. The Bertz CT molecular complexity index is 1110. The van der Waals surface area contributed by atoms with E-state index in [1.54, 1.807) is 18.2 Å². The lowest BCUT2D eigenvalue weighted by Crippen LogP contribution is -2.01. The number of nitro groups is 1. The maximum Gasteiger partial charge on any atom is 0.318 e. The summed E-state index contributed by atoms with van der Waals surface area (Å²) in [5, 5.41) is 14.9. The number of ether oxygens (including phenoxy) is 2. The van der Waals surface area contributed by atoms with Crippen molar-refractivity contribution in [3.63, 3.8) is 0 Å².